The SMILES string of the molecule is CCCn1cc(-c2ccncc2)cc1C(=O)N1CCN(c2ccccc2F)CC1. The molecule has 5 nitrogen and oxygen atoms in total. The van der Waals surface area contributed by atoms with Crippen LogP contribution in [-0.4, -0.2) is 46.5 Å². The number of piperazine rings is 1. The first kappa shape index (κ1) is 19.2. The zero-order valence-corrected chi connectivity index (χ0v) is 16.6. The molecule has 1 aliphatic rings. The van der Waals surface area contributed by atoms with E-state index in [9.17, 15) is 9.18 Å². The van der Waals surface area contributed by atoms with Crippen LogP contribution < -0.4 is 4.90 Å². The summed E-state index contributed by atoms with van der Waals surface area (Å²) in [5, 5.41) is 0. The Bertz CT molecular complexity index is 978. The van der Waals surface area contributed by atoms with Gasteiger partial charge < -0.3 is 14.4 Å². The second-order valence-electron chi connectivity index (χ2n) is 7.27. The second kappa shape index (κ2) is 8.47. The standard InChI is InChI=1S/C23H25FN4O/c1-2-11-28-17-19(18-7-9-25-10-8-18)16-22(28)23(29)27-14-12-26(13-15-27)21-6-4-3-5-20(21)24/h3-10,16-17H,2,11-15H2,1H3. The minimum Gasteiger partial charge on any atom is -0.366 e. The summed E-state index contributed by atoms with van der Waals surface area (Å²) >= 11 is 0. The van der Waals surface area contributed by atoms with Crippen molar-refractivity contribution in [1.82, 2.24) is 14.5 Å². The second-order valence-corrected chi connectivity index (χ2v) is 7.27. The molecule has 4 rings (SSSR count). The van der Waals surface area contributed by atoms with Crippen LogP contribution in [0.1, 0.15) is 23.8 Å². The van der Waals surface area contributed by atoms with E-state index in [2.05, 4.69) is 11.9 Å². The highest BCUT2D eigenvalue weighted by atomic mass is 19.1. The molecule has 3 aromatic rings. The van der Waals surface area contributed by atoms with Crippen molar-refractivity contribution in [3.8, 4) is 11.1 Å². The number of rotatable bonds is 5. The first-order valence-corrected chi connectivity index (χ1v) is 10.1. The van der Waals surface area contributed by atoms with E-state index >= 15 is 0 Å². The minimum absolute atomic E-state index is 0.0342. The predicted octanol–water partition coefficient (Wildman–Crippen LogP) is 4.06. The molecule has 1 aliphatic heterocycles. The third kappa shape index (κ3) is 4.01. The molecule has 1 fully saturated rings. The van der Waals surface area contributed by atoms with E-state index in [4.69, 9.17) is 0 Å². The van der Waals surface area contributed by atoms with E-state index in [1.54, 1.807) is 24.5 Å². The number of aromatic nitrogens is 2. The van der Waals surface area contributed by atoms with Gasteiger partial charge in [0.25, 0.3) is 5.91 Å². The van der Waals surface area contributed by atoms with Crippen LogP contribution in [-0.2, 0) is 6.54 Å². The summed E-state index contributed by atoms with van der Waals surface area (Å²) in [6, 6.07) is 12.7. The molecule has 0 saturated carbocycles. The summed E-state index contributed by atoms with van der Waals surface area (Å²) < 4.78 is 16.1. The van der Waals surface area contributed by atoms with Gasteiger partial charge in [0.2, 0.25) is 0 Å². The van der Waals surface area contributed by atoms with Crippen molar-refractivity contribution >= 4 is 11.6 Å². The molecule has 6 heteroatoms. The fourth-order valence-electron chi connectivity index (χ4n) is 3.84. The molecule has 0 N–H and O–H groups in total. The first-order valence-electron chi connectivity index (χ1n) is 10.1. The largest absolute Gasteiger partial charge is 0.366 e. The van der Waals surface area contributed by atoms with Crippen molar-refractivity contribution in [3.63, 3.8) is 0 Å². The van der Waals surface area contributed by atoms with E-state index in [0.29, 0.717) is 37.6 Å². The van der Waals surface area contributed by atoms with Crippen LogP contribution in [0.4, 0.5) is 10.1 Å². The lowest BCUT2D eigenvalue weighted by Crippen LogP contribution is -2.49. The smallest absolute Gasteiger partial charge is 0.270 e. The molecule has 3 heterocycles. The maximum atomic E-state index is 14.1. The van der Waals surface area contributed by atoms with E-state index in [1.807, 2.05) is 44.8 Å². The van der Waals surface area contributed by atoms with Crippen molar-refractivity contribution in [2.24, 2.45) is 0 Å². The highest BCUT2D eigenvalue weighted by Crippen LogP contribution is 2.24. The summed E-state index contributed by atoms with van der Waals surface area (Å²) in [7, 11) is 0. The Morgan fingerprint density at radius 3 is 2.45 bits per heavy atom. The molecule has 150 valence electrons. The number of pyridine rings is 1. The molecule has 1 saturated heterocycles. The molecular weight excluding hydrogens is 367 g/mol. The van der Waals surface area contributed by atoms with Crippen LogP contribution in [0.25, 0.3) is 11.1 Å². The van der Waals surface area contributed by atoms with Crippen molar-refractivity contribution in [2.75, 3.05) is 31.1 Å². The summed E-state index contributed by atoms with van der Waals surface area (Å²) in [5.74, 6) is -0.182. The van der Waals surface area contributed by atoms with E-state index in [-0.39, 0.29) is 11.7 Å². The molecule has 1 aromatic carbocycles. The Balaban J connectivity index is 1.51. The van der Waals surface area contributed by atoms with Crippen LogP contribution in [0.3, 0.4) is 0 Å². The third-order valence-corrected chi connectivity index (χ3v) is 5.35. The van der Waals surface area contributed by atoms with Gasteiger partial charge in [-0.2, -0.15) is 0 Å². The number of amides is 1. The fraction of sp³-hybridized carbons (Fsp3) is 0.304. The molecule has 0 aliphatic carbocycles. The predicted molar refractivity (Wildman–Crippen MR) is 112 cm³/mol. The number of nitrogens with zero attached hydrogens (tertiary/aromatic N) is 4. The van der Waals surface area contributed by atoms with Crippen LogP contribution in [0.2, 0.25) is 0 Å². The Morgan fingerprint density at radius 1 is 1.03 bits per heavy atom. The van der Waals surface area contributed by atoms with Crippen LogP contribution in [0, 0.1) is 5.82 Å². The number of hydrogen-bond acceptors (Lipinski definition) is 3. The highest BCUT2D eigenvalue weighted by Gasteiger charge is 2.25. The molecule has 0 bridgehead atoms. The topological polar surface area (TPSA) is 41.4 Å². The Labute approximate surface area is 170 Å². The van der Waals surface area contributed by atoms with E-state index < -0.39 is 0 Å². The molecule has 0 radical (unpaired) electrons. The van der Waals surface area contributed by atoms with Gasteiger partial charge in [0.15, 0.2) is 0 Å². The van der Waals surface area contributed by atoms with Gasteiger partial charge in [-0.1, -0.05) is 19.1 Å². The molecule has 29 heavy (non-hydrogen) atoms. The molecule has 0 unspecified atom stereocenters. The maximum absolute atomic E-state index is 14.1. The quantitative estimate of drug-likeness (QED) is 0.658. The van der Waals surface area contributed by atoms with Gasteiger partial charge in [-0.3, -0.25) is 9.78 Å². The van der Waals surface area contributed by atoms with Gasteiger partial charge in [-0.25, -0.2) is 4.39 Å². The zero-order chi connectivity index (χ0) is 20.2. The molecular formula is C23H25FN4O. The van der Waals surface area contributed by atoms with Crippen molar-refractivity contribution < 1.29 is 9.18 Å². The zero-order valence-electron chi connectivity index (χ0n) is 16.6. The molecule has 0 atom stereocenters. The number of anilines is 1. The van der Waals surface area contributed by atoms with Gasteiger partial charge in [-0.05, 0) is 42.3 Å². The Hall–Kier alpha value is -3.15. The van der Waals surface area contributed by atoms with Crippen LogP contribution >= 0.6 is 0 Å². The van der Waals surface area contributed by atoms with E-state index in [1.165, 1.54) is 6.07 Å². The number of halogens is 1. The van der Waals surface area contributed by atoms with Crippen molar-refractivity contribution in [3.05, 3.63) is 72.6 Å². The average molecular weight is 392 g/mol. The minimum atomic E-state index is -0.217. The average Bonchev–Trinajstić information content (AvgIpc) is 3.19. The summed E-state index contributed by atoms with van der Waals surface area (Å²) in [4.78, 5) is 21.2. The summed E-state index contributed by atoms with van der Waals surface area (Å²) in [6.07, 6.45) is 6.51. The van der Waals surface area contributed by atoms with Gasteiger partial charge in [0.1, 0.15) is 11.5 Å². The molecule has 2 aromatic heterocycles. The summed E-state index contributed by atoms with van der Waals surface area (Å²) in [6.45, 7) is 5.30. The number of para-hydroxylation sites is 1. The molecule has 1 amide bonds. The number of hydrogen-bond donors (Lipinski definition) is 0. The van der Waals surface area contributed by atoms with Gasteiger partial charge >= 0.3 is 0 Å². The fourth-order valence-corrected chi connectivity index (χ4v) is 3.84. The Kier molecular flexibility index (Phi) is 5.60. The van der Waals surface area contributed by atoms with Crippen molar-refractivity contribution in [1.29, 1.82) is 0 Å². The number of carbonyl (C=O) groups excluding carboxylic acids is 1. The highest BCUT2D eigenvalue weighted by molar-refractivity contribution is 5.94. The normalized spacial score (nSPS) is 14.3. The van der Waals surface area contributed by atoms with Gasteiger partial charge in [0, 0.05) is 56.9 Å². The van der Waals surface area contributed by atoms with Gasteiger partial charge in [0.05, 0.1) is 5.69 Å². The van der Waals surface area contributed by atoms with Crippen LogP contribution in [0.5, 0.6) is 0 Å². The van der Waals surface area contributed by atoms with Crippen LogP contribution in [0.15, 0.2) is 61.1 Å². The summed E-state index contributed by atoms with van der Waals surface area (Å²) in [5.41, 5.74) is 3.38. The lowest BCUT2D eigenvalue weighted by molar-refractivity contribution is 0.0735. The lowest BCUT2D eigenvalue weighted by atomic mass is 10.1. The van der Waals surface area contributed by atoms with Crippen molar-refractivity contribution in [2.45, 2.75) is 19.9 Å². The monoisotopic (exact) mass is 392 g/mol. The van der Waals surface area contributed by atoms with Gasteiger partial charge in [-0.15, -0.1) is 0 Å². The number of benzene rings is 1. The van der Waals surface area contributed by atoms with E-state index in [0.717, 1.165) is 24.1 Å². The number of carbonyl (C=O) groups is 1. The number of aryl methyl sites for hydroxylation is 1. The third-order valence-electron chi connectivity index (χ3n) is 5.35. The maximum Gasteiger partial charge on any atom is 0.270 e. The molecule has 0 spiro atoms. The lowest BCUT2D eigenvalue weighted by Gasteiger charge is -2.36. The first-order chi connectivity index (χ1) is 14.2. The Morgan fingerprint density at radius 2 is 1.76 bits per heavy atom.